The van der Waals surface area contributed by atoms with Crippen molar-refractivity contribution >= 4 is 17.4 Å². The zero-order valence-electron chi connectivity index (χ0n) is 17.6. The van der Waals surface area contributed by atoms with Crippen LogP contribution in [0.25, 0.3) is 5.76 Å². The average molecular weight is 410 g/mol. The zero-order valence-corrected chi connectivity index (χ0v) is 17.6. The molecule has 158 valence electrons. The van der Waals surface area contributed by atoms with Crippen LogP contribution in [0.2, 0.25) is 0 Å². The van der Waals surface area contributed by atoms with E-state index in [1.54, 1.807) is 49.6 Å². The van der Waals surface area contributed by atoms with Crippen LogP contribution in [0, 0.1) is 0 Å². The van der Waals surface area contributed by atoms with Gasteiger partial charge in [-0.2, -0.15) is 0 Å². The minimum absolute atomic E-state index is 0.0558. The number of likely N-dealkylation sites (N-methyl/N-ethyl adjacent to an activating group) is 1. The fraction of sp³-hybridized carbons (Fsp3) is 0.304. The van der Waals surface area contributed by atoms with Crippen molar-refractivity contribution in [2.75, 3.05) is 41.4 Å². The van der Waals surface area contributed by atoms with Gasteiger partial charge in [-0.25, -0.2) is 0 Å². The number of benzene rings is 2. The third kappa shape index (κ3) is 4.16. The predicted molar refractivity (Wildman–Crippen MR) is 114 cm³/mol. The van der Waals surface area contributed by atoms with Gasteiger partial charge in [0.15, 0.2) is 0 Å². The van der Waals surface area contributed by atoms with Crippen LogP contribution < -0.4 is 9.47 Å². The van der Waals surface area contributed by atoms with Gasteiger partial charge in [-0.15, -0.1) is 0 Å². The summed E-state index contributed by atoms with van der Waals surface area (Å²) < 4.78 is 10.5. The van der Waals surface area contributed by atoms with Crippen LogP contribution in [0.4, 0.5) is 0 Å². The van der Waals surface area contributed by atoms with E-state index in [2.05, 4.69) is 0 Å². The number of ether oxygens (including phenoxy) is 2. The largest absolute Gasteiger partial charge is 0.507 e. The molecule has 0 unspecified atom stereocenters. The molecule has 0 bridgehead atoms. The van der Waals surface area contributed by atoms with E-state index in [1.165, 1.54) is 12.0 Å². The number of aliphatic hydroxyl groups excluding tert-OH is 1. The van der Waals surface area contributed by atoms with Gasteiger partial charge in [0, 0.05) is 18.7 Å². The number of ketones is 1. The predicted octanol–water partition coefficient (Wildman–Crippen LogP) is 2.69. The maximum atomic E-state index is 13.0. The Bertz CT molecular complexity index is 983. The molecule has 3 rings (SSSR count). The number of Topliss-reactive ketones (excluding diaryl/α,β-unsaturated/α-hetero) is 1. The van der Waals surface area contributed by atoms with Crippen molar-refractivity contribution in [3.05, 3.63) is 65.2 Å². The van der Waals surface area contributed by atoms with Gasteiger partial charge in [-0.05, 0) is 43.9 Å². The quantitative estimate of drug-likeness (QED) is 0.430. The van der Waals surface area contributed by atoms with Crippen LogP contribution >= 0.6 is 0 Å². The molecule has 1 atom stereocenters. The number of hydrogen-bond donors (Lipinski definition) is 1. The second-order valence-corrected chi connectivity index (χ2v) is 7.30. The summed E-state index contributed by atoms with van der Waals surface area (Å²) in [5.74, 6) is -0.422. The minimum atomic E-state index is -0.716. The van der Waals surface area contributed by atoms with Gasteiger partial charge in [-0.3, -0.25) is 9.59 Å². The topological polar surface area (TPSA) is 79.3 Å². The van der Waals surface area contributed by atoms with E-state index in [0.29, 0.717) is 35.7 Å². The molecule has 0 aromatic heterocycles. The number of hydrogen-bond acceptors (Lipinski definition) is 6. The normalized spacial score (nSPS) is 18.2. The summed E-state index contributed by atoms with van der Waals surface area (Å²) >= 11 is 0. The lowest BCUT2D eigenvalue weighted by atomic mass is 9.95. The first kappa shape index (κ1) is 21.4. The highest BCUT2D eigenvalue weighted by atomic mass is 16.5. The number of carbonyl (C=O) groups is 2. The van der Waals surface area contributed by atoms with Crippen LogP contribution in [-0.4, -0.2) is 68.0 Å². The molecule has 1 aliphatic heterocycles. The number of methoxy groups -OCH3 is 2. The van der Waals surface area contributed by atoms with E-state index in [-0.39, 0.29) is 11.3 Å². The van der Waals surface area contributed by atoms with E-state index < -0.39 is 17.7 Å². The van der Waals surface area contributed by atoms with Crippen LogP contribution in [0.5, 0.6) is 11.5 Å². The van der Waals surface area contributed by atoms with E-state index in [1.807, 2.05) is 25.1 Å². The number of nitrogens with zero attached hydrogens (tertiary/aromatic N) is 2. The molecule has 2 aromatic carbocycles. The molecule has 30 heavy (non-hydrogen) atoms. The maximum Gasteiger partial charge on any atom is 0.295 e. The fourth-order valence-corrected chi connectivity index (χ4v) is 3.50. The monoisotopic (exact) mass is 410 g/mol. The number of likely N-dealkylation sites (tertiary alicyclic amines) is 1. The Labute approximate surface area is 176 Å². The third-order valence-electron chi connectivity index (χ3n) is 5.08. The second-order valence-electron chi connectivity index (χ2n) is 7.30. The van der Waals surface area contributed by atoms with E-state index in [9.17, 15) is 14.7 Å². The minimum Gasteiger partial charge on any atom is -0.507 e. The van der Waals surface area contributed by atoms with Crippen LogP contribution in [0.15, 0.2) is 54.1 Å². The van der Waals surface area contributed by atoms with Gasteiger partial charge < -0.3 is 24.4 Å². The summed E-state index contributed by atoms with van der Waals surface area (Å²) in [6.07, 6.45) is 0. The van der Waals surface area contributed by atoms with Gasteiger partial charge >= 0.3 is 0 Å². The number of carbonyl (C=O) groups excluding carboxylic acids is 2. The van der Waals surface area contributed by atoms with Gasteiger partial charge in [0.05, 0.1) is 25.8 Å². The Kier molecular flexibility index (Phi) is 6.42. The molecule has 1 aliphatic rings. The maximum absolute atomic E-state index is 13.0. The van der Waals surface area contributed by atoms with Crippen molar-refractivity contribution in [2.24, 2.45) is 0 Å². The molecular weight excluding hydrogens is 384 g/mol. The Balaban J connectivity index is 2.16. The van der Waals surface area contributed by atoms with E-state index in [0.717, 1.165) is 0 Å². The molecule has 1 fully saturated rings. The molecule has 0 aliphatic carbocycles. The highest BCUT2D eigenvalue weighted by Crippen LogP contribution is 2.40. The summed E-state index contributed by atoms with van der Waals surface area (Å²) in [4.78, 5) is 29.3. The number of rotatable bonds is 7. The van der Waals surface area contributed by atoms with E-state index in [4.69, 9.17) is 9.47 Å². The lowest BCUT2D eigenvalue weighted by Gasteiger charge is -2.26. The Hall–Kier alpha value is -3.32. The van der Waals surface area contributed by atoms with Gasteiger partial charge in [-0.1, -0.05) is 24.3 Å². The van der Waals surface area contributed by atoms with Gasteiger partial charge in [0.1, 0.15) is 17.3 Å². The molecule has 1 heterocycles. The molecule has 0 radical (unpaired) electrons. The summed E-state index contributed by atoms with van der Waals surface area (Å²) in [5, 5.41) is 11.1. The summed E-state index contributed by atoms with van der Waals surface area (Å²) in [7, 11) is 6.87. The Morgan fingerprint density at radius 1 is 1.03 bits per heavy atom. The molecule has 7 heteroatoms. The van der Waals surface area contributed by atoms with Crippen LogP contribution in [-0.2, 0) is 9.59 Å². The van der Waals surface area contributed by atoms with Crippen molar-refractivity contribution in [1.82, 2.24) is 9.80 Å². The van der Waals surface area contributed by atoms with Crippen molar-refractivity contribution < 1.29 is 24.2 Å². The lowest BCUT2D eigenvalue weighted by molar-refractivity contribution is -0.140. The molecular formula is C23H26N2O5. The molecule has 1 amide bonds. The van der Waals surface area contributed by atoms with Crippen molar-refractivity contribution in [2.45, 2.75) is 6.04 Å². The van der Waals surface area contributed by atoms with Crippen LogP contribution in [0.1, 0.15) is 17.2 Å². The summed E-state index contributed by atoms with van der Waals surface area (Å²) in [5.41, 5.74) is 1.16. The van der Waals surface area contributed by atoms with E-state index >= 15 is 0 Å². The lowest BCUT2D eigenvalue weighted by Crippen LogP contribution is -2.35. The molecule has 2 aromatic rings. The summed E-state index contributed by atoms with van der Waals surface area (Å²) in [6, 6.07) is 13.2. The number of amides is 1. The van der Waals surface area contributed by atoms with Gasteiger partial charge in [0.2, 0.25) is 0 Å². The fourth-order valence-electron chi connectivity index (χ4n) is 3.50. The first-order valence-electron chi connectivity index (χ1n) is 9.59. The smallest absolute Gasteiger partial charge is 0.295 e. The SMILES string of the molecule is COc1cccc(C(O)=C2C(=O)C(=O)N(CCN(C)C)[C@H]2c2cccc(OC)c2)c1. The van der Waals surface area contributed by atoms with Gasteiger partial charge in [0.25, 0.3) is 11.7 Å². The molecule has 1 saturated heterocycles. The van der Waals surface area contributed by atoms with Crippen LogP contribution in [0.3, 0.4) is 0 Å². The highest BCUT2D eigenvalue weighted by Gasteiger charge is 2.46. The van der Waals surface area contributed by atoms with Crippen molar-refractivity contribution in [1.29, 1.82) is 0 Å². The zero-order chi connectivity index (χ0) is 21.8. The second kappa shape index (κ2) is 9.00. The molecule has 0 saturated carbocycles. The first-order valence-corrected chi connectivity index (χ1v) is 9.59. The highest BCUT2D eigenvalue weighted by molar-refractivity contribution is 6.46. The summed E-state index contributed by atoms with van der Waals surface area (Å²) in [6.45, 7) is 0.918. The third-order valence-corrected chi connectivity index (χ3v) is 5.08. The molecule has 7 nitrogen and oxygen atoms in total. The standard InChI is InChI=1S/C23H26N2O5/c1-24(2)11-12-25-20(15-7-5-9-17(13-15)29-3)19(22(27)23(25)28)21(26)16-8-6-10-18(14-16)30-4/h5-10,13-14,20,26H,11-12H2,1-4H3/t20-/m0/s1. The van der Waals surface area contributed by atoms with Crippen molar-refractivity contribution in [3.8, 4) is 11.5 Å². The Morgan fingerprint density at radius 3 is 2.30 bits per heavy atom. The Morgan fingerprint density at radius 2 is 1.67 bits per heavy atom. The molecule has 1 N–H and O–H groups in total. The average Bonchev–Trinajstić information content (AvgIpc) is 3.01. The number of aliphatic hydroxyl groups is 1. The van der Waals surface area contributed by atoms with Crippen molar-refractivity contribution in [3.63, 3.8) is 0 Å². The first-order chi connectivity index (χ1) is 14.4. The molecule has 0 spiro atoms.